The van der Waals surface area contributed by atoms with Gasteiger partial charge in [-0.05, 0) is 18.2 Å². The molecule has 74 valence electrons. The Labute approximate surface area is 80.8 Å². The third kappa shape index (κ3) is 1.48. The molecule has 0 N–H and O–H groups in total. The fourth-order valence-corrected chi connectivity index (χ4v) is 2.17. The fourth-order valence-electron chi connectivity index (χ4n) is 1.22. The average Bonchev–Trinajstić information content (AvgIpc) is 2.45. The zero-order valence-corrected chi connectivity index (χ0v) is 7.55. The molecule has 0 aliphatic heterocycles. The van der Waals surface area contributed by atoms with Crippen LogP contribution in [0.5, 0.6) is 0 Å². The molecule has 5 heteroatoms. The molecule has 0 amide bonds. The minimum absolute atomic E-state index is 0.0671. The average molecular weight is 220 g/mol. The van der Waals surface area contributed by atoms with E-state index in [1.807, 2.05) is 0 Å². The number of hydrogen-bond donors (Lipinski definition) is 0. The Morgan fingerprint density at radius 1 is 1.14 bits per heavy atom. The zero-order chi connectivity index (χ0) is 10.3. The lowest BCUT2D eigenvalue weighted by molar-refractivity contribution is -0.136. The molecule has 0 spiro atoms. The lowest BCUT2D eigenvalue weighted by atomic mass is 10.2. The van der Waals surface area contributed by atoms with Crippen molar-refractivity contribution >= 4 is 21.4 Å². The number of benzene rings is 1. The monoisotopic (exact) mass is 220 g/mol. The smallest absolute Gasteiger partial charge is 0.207 e. The van der Waals surface area contributed by atoms with Gasteiger partial charge < -0.3 is 0 Å². The van der Waals surface area contributed by atoms with Crippen LogP contribution in [-0.2, 0) is 6.18 Å². The summed E-state index contributed by atoms with van der Waals surface area (Å²) >= 11 is 0.963. The van der Waals surface area contributed by atoms with Crippen LogP contribution < -0.4 is 0 Å². The van der Waals surface area contributed by atoms with Crippen LogP contribution in [0.4, 0.5) is 17.6 Å². The van der Waals surface area contributed by atoms with Crippen molar-refractivity contribution in [3.05, 3.63) is 35.0 Å². The fraction of sp³-hybridized carbons (Fsp3) is 0.111. The molecule has 0 fully saturated rings. The van der Waals surface area contributed by atoms with E-state index >= 15 is 0 Å². The maximum Gasteiger partial charge on any atom is 0.417 e. The molecule has 0 saturated heterocycles. The molecule has 1 heterocycles. The lowest BCUT2D eigenvalue weighted by Crippen LogP contribution is -2.03. The van der Waals surface area contributed by atoms with E-state index in [0.29, 0.717) is 4.70 Å². The quantitative estimate of drug-likeness (QED) is 0.587. The topological polar surface area (TPSA) is 0 Å². The Morgan fingerprint density at radius 2 is 1.86 bits per heavy atom. The second-order valence-electron chi connectivity index (χ2n) is 2.79. The summed E-state index contributed by atoms with van der Waals surface area (Å²) in [6.45, 7) is 0. The largest absolute Gasteiger partial charge is 0.417 e. The number of rotatable bonds is 0. The second kappa shape index (κ2) is 2.95. The molecular weight excluding hydrogens is 216 g/mol. The maximum atomic E-state index is 12.7. The van der Waals surface area contributed by atoms with Crippen molar-refractivity contribution in [1.29, 1.82) is 0 Å². The van der Waals surface area contributed by atoms with Gasteiger partial charge in [-0.2, -0.15) is 13.2 Å². The van der Waals surface area contributed by atoms with Gasteiger partial charge in [-0.25, -0.2) is 4.39 Å². The van der Waals surface area contributed by atoms with Gasteiger partial charge >= 0.3 is 6.18 Å². The summed E-state index contributed by atoms with van der Waals surface area (Å²) in [6, 6.07) is 3.41. The molecule has 0 nitrogen and oxygen atoms in total. The minimum atomic E-state index is -4.41. The number of hydrogen-bond acceptors (Lipinski definition) is 1. The van der Waals surface area contributed by atoms with Crippen LogP contribution in [-0.4, -0.2) is 0 Å². The molecule has 0 aliphatic carbocycles. The summed E-state index contributed by atoms with van der Waals surface area (Å²) in [4.78, 5) is 0. The predicted octanol–water partition coefficient (Wildman–Crippen LogP) is 4.06. The first kappa shape index (κ1) is 9.45. The Kier molecular flexibility index (Phi) is 1.99. The Balaban J connectivity index is 2.73. The van der Waals surface area contributed by atoms with E-state index in [-0.39, 0.29) is 5.39 Å². The highest BCUT2D eigenvalue weighted by atomic mass is 32.1. The molecule has 0 saturated carbocycles. The number of thiophene rings is 1. The molecule has 2 aromatic rings. The van der Waals surface area contributed by atoms with E-state index in [1.54, 1.807) is 0 Å². The van der Waals surface area contributed by atoms with Gasteiger partial charge in [-0.15, -0.1) is 11.3 Å². The Hall–Kier alpha value is -1.10. The highest BCUT2D eigenvalue weighted by molar-refractivity contribution is 7.17. The van der Waals surface area contributed by atoms with Crippen molar-refractivity contribution in [1.82, 2.24) is 0 Å². The van der Waals surface area contributed by atoms with Gasteiger partial charge in [0.2, 0.25) is 0 Å². The van der Waals surface area contributed by atoms with Crippen molar-refractivity contribution in [3.8, 4) is 0 Å². The molecule has 0 bridgehead atoms. The van der Waals surface area contributed by atoms with E-state index in [2.05, 4.69) is 0 Å². The van der Waals surface area contributed by atoms with Gasteiger partial charge in [0.15, 0.2) is 0 Å². The van der Waals surface area contributed by atoms with Crippen LogP contribution in [0.15, 0.2) is 23.6 Å². The highest BCUT2D eigenvalue weighted by Crippen LogP contribution is 2.38. The van der Waals surface area contributed by atoms with Crippen LogP contribution in [0.2, 0.25) is 0 Å². The van der Waals surface area contributed by atoms with Crippen LogP contribution >= 0.6 is 11.3 Å². The Bertz CT molecular complexity index is 469. The molecule has 1 aromatic heterocycles. The summed E-state index contributed by atoms with van der Waals surface area (Å²) in [5, 5.41) is 0.937. The SMILES string of the molecule is Fc1ccc2scc(C(F)(F)F)c2c1. The van der Waals surface area contributed by atoms with Gasteiger partial charge in [0.05, 0.1) is 5.56 Å². The van der Waals surface area contributed by atoms with E-state index < -0.39 is 17.6 Å². The van der Waals surface area contributed by atoms with Crippen molar-refractivity contribution in [3.63, 3.8) is 0 Å². The minimum Gasteiger partial charge on any atom is -0.207 e. The maximum absolute atomic E-state index is 12.7. The van der Waals surface area contributed by atoms with Crippen LogP contribution in [0.1, 0.15) is 5.56 Å². The van der Waals surface area contributed by atoms with Gasteiger partial charge in [0.25, 0.3) is 0 Å². The second-order valence-corrected chi connectivity index (χ2v) is 3.70. The number of fused-ring (bicyclic) bond motifs is 1. The molecule has 0 atom stereocenters. The first-order valence-electron chi connectivity index (χ1n) is 3.72. The Morgan fingerprint density at radius 3 is 2.50 bits per heavy atom. The summed E-state index contributed by atoms with van der Waals surface area (Å²) in [5.74, 6) is -0.651. The summed E-state index contributed by atoms with van der Waals surface area (Å²) in [7, 11) is 0. The number of alkyl halides is 3. The van der Waals surface area contributed by atoms with Crippen molar-refractivity contribution in [2.24, 2.45) is 0 Å². The van der Waals surface area contributed by atoms with E-state index in [9.17, 15) is 17.6 Å². The number of halogens is 4. The third-order valence-electron chi connectivity index (χ3n) is 1.84. The molecule has 2 rings (SSSR count). The zero-order valence-electron chi connectivity index (χ0n) is 6.73. The highest BCUT2D eigenvalue weighted by Gasteiger charge is 2.33. The van der Waals surface area contributed by atoms with Gasteiger partial charge in [-0.1, -0.05) is 0 Å². The third-order valence-corrected chi connectivity index (χ3v) is 2.80. The molecule has 14 heavy (non-hydrogen) atoms. The first-order valence-corrected chi connectivity index (χ1v) is 4.60. The standard InChI is InChI=1S/C9H4F4S/c10-5-1-2-8-6(3-5)7(4-14-8)9(11,12)13/h1-4H. The van der Waals surface area contributed by atoms with Gasteiger partial charge in [-0.3, -0.25) is 0 Å². The predicted molar refractivity (Wildman–Crippen MR) is 46.8 cm³/mol. The molecule has 0 aliphatic rings. The van der Waals surface area contributed by atoms with E-state index in [4.69, 9.17) is 0 Å². The van der Waals surface area contributed by atoms with Crippen LogP contribution in [0.3, 0.4) is 0 Å². The lowest BCUT2D eigenvalue weighted by Gasteiger charge is -2.03. The van der Waals surface area contributed by atoms with Gasteiger partial charge in [0, 0.05) is 15.5 Å². The molecule has 0 radical (unpaired) electrons. The van der Waals surface area contributed by atoms with Crippen LogP contribution in [0, 0.1) is 5.82 Å². The molecular formula is C9H4F4S. The van der Waals surface area contributed by atoms with Crippen molar-refractivity contribution in [2.75, 3.05) is 0 Å². The van der Waals surface area contributed by atoms with Gasteiger partial charge in [0.1, 0.15) is 5.82 Å². The van der Waals surface area contributed by atoms with Crippen LogP contribution in [0.25, 0.3) is 10.1 Å². The summed E-state index contributed by atoms with van der Waals surface area (Å²) in [5.41, 5.74) is -0.767. The molecule has 0 unspecified atom stereocenters. The van der Waals surface area contributed by atoms with Crippen molar-refractivity contribution < 1.29 is 17.6 Å². The van der Waals surface area contributed by atoms with E-state index in [1.165, 1.54) is 6.07 Å². The normalized spacial score (nSPS) is 12.3. The molecule has 1 aromatic carbocycles. The first-order chi connectivity index (χ1) is 6.48. The van der Waals surface area contributed by atoms with E-state index in [0.717, 1.165) is 28.8 Å². The summed E-state index contributed by atoms with van der Waals surface area (Å²) in [6.07, 6.45) is -4.41. The summed E-state index contributed by atoms with van der Waals surface area (Å²) < 4.78 is 50.3. The van der Waals surface area contributed by atoms with Crippen molar-refractivity contribution in [2.45, 2.75) is 6.18 Å².